The molecule has 3 amide bonds. The molecule has 0 aliphatic heterocycles. The Kier molecular flexibility index (Phi) is 8.97. The van der Waals surface area contributed by atoms with Crippen molar-refractivity contribution in [3.05, 3.63) is 102 Å². The Morgan fingerprint density at radius 3 is 1.63 bits per heavy atom. The molecule has 0 radical (unpaired) electrons. The highest BCUT2D eigenvalue weighted by Gasteiger charge is 2.27. The number of hydrogen-bond acceptors (Lipinski definition) is 5. The maximum atomic E-state index is 13.2. The molecule has 0 bridgehead atoms. The summed E-state index contributed by atoms with van der Waals surface area (Å²) in [4.78, 5) is 38.1. The van der Waals surface area contributed by atoms with Crippen molar-refractivity contribution in [1.29, 1.82) is 0 Å². The van der Waals surface area contributed by atoms with E-state index in [-0.39, 0.29) is 25.0 Å². The Hall–Kier alpha value is -4.17. The van der Waals surface area contributed by atoms with Gasteiger partial charge < -0.3 is 27.2 Å². The summed E-state index contributed by atoms with van der Waals surface area (Å²) in [6.07, 6.45) is 0.666. The third kappa shape index (κ3) is 7.97. The van der Waals surface area contributed by atoms with E-state index in [2.05, 4.69) is 10.6 Å². The van der Waals surface area contributed by atoms with Gasteiger partial charge in [-0.1, -0.05) is 72.8 Å². The van der Waals surface area contributed by atoms with E-state index in [1.54, 1.807) is 12.1 Å². The Balaban J connectivity index is 1.72. The van der Waals surface area contributed by atoms with Crippen LogP contribution in [0.15, 0.2) is 84.9 Å². The predicted molar refractivity (Wildman–Crippen MR) is 133 cm³/mol. The zero-order chi connectivity index (χ0) is 25.2. The molecule has 0 aliphatic rings. The molecular formula is C27H30N4O4. The normalized spacial score (nSPS) is 13.3. The second kappa shape index (κ2) is 12.3. The third-order valence-electron chi connectivity index (χ3n) is 5.59. The highest BCUT2D eigenvalue weighted by Crippen LogP contribution is 2.12. The van der Waals surface area contributed by atoms with Gasteiger partial charge in [-0.05, 0) is 35.2 Å². The molecule has 3 rings (SSSR count). The summed E-state index contributed by atoms with van der Waals surface area (Å²) >= 11 is 0. The molecule has 3 aromatic rings. The first-order chi connectivity index (χ1) is 16.8. The molecule has 35 heavy (non-hydrogen) atoms. The molecule has 7 N–H and O–H groups in total. The SMILES string of the molecule is NC(=O)[C@H](Cc1ccccc1)NC(=O)[C@H](Cc1ccccc1)NC(=O)[C@@H](N)Cc1ccc(O)cc1. The quantitative estimate of drug-likeness (QED) is 0.283. The van der Waals surface area contributed by atoms with Crippen molar-refractivity contribution in [3.8, 4) is 5.75 Å². The second-order valence-corrected chi connectivity index (χ2v) is 8.38. The molecule has 0 aromatic heterocycles. The number of nitrogens with two attached hydrogens (primary N) is 2. The highest BCUT2D eigenvalue weighted by molar-refractivity contribution is 5.93. The first kappa shape index (κ1) is 25.5. The monoisotopic (exact) mass is 474 g/mol. The fourth-order valence-corrected chi connectivity index (χ4v) is 3.66. The molecule has 0 heterocycles. The smallest absolute Gasteiger partial charge is 0.243 e. The van der Waals surface area contributed by atoms with Gasteiger partial charge in [0.25, 0.3) is 0 Å². The fourth-order valence-electron chi connectivity index (χ4n) is 3.66. The minimum Gasteiger partial charge on any atom is -0.508 e. The molecule has 3 aromatic carbocycles. The second-order valence-electron chi connectivity index (χ2n) is 8.38. The van der Waals surface area contributed by atoms with Crippen LogP contribution in [-0.2, 0) is 33.6 Å². The Labute approximate surface area is 204 Å². The van der Waals surface area contributed by atoms with E-state index >= 15 is 0 Å². The van der Waals surface area contributed by atoms with Gasteiger partial charge in [0.1, 0.15) is 17.8 Å². The maximum absolute atomic E-state index is 13.2. The predicted octanol–water partition coefficient (Wildman–Crippen LogP) is 1.20. The van der Waals surface area contributed by atoms with Crippen molar-refractivity contribution < 1.29 is 19.5 Å². The summed E-state index contributed by atoms with van der Waals surface area (Å²) in [5.74, 6) is -1.59. The molecule has 0 aliphatic carbocycles. The Morgan fingerprint density at radius 2 is 1.11 bits per heavy atom. The number of amides is 3. The average Bonchev–Trinajstić information content (AvgIpc) is 2.85. The van der Waals surface area contributed by atoms with Gasteiger partial charge >= 0.3 is 0 Å². The first-order valence-electron chi connectivity index (χ1n) is 11.3. The van der Waals surface area contributed by atoms with Crippen LogP contribution in [0.4, 0.5) is 0 Å². The van der Waals surface area contributed by atoms with E-state index in [0.29, 0.717) is 0 Å². The molecular weight excluding hydrogens is 444 g/mol. The van der Waals surface area contributed by atoms with Crippen molar-refractivity contribution in [2.24, 2.45) is 11.5 Å². The molecule has 0 unspecified atom stereocenters. The van der Waals surface area contributed by atoms with Crippen LogP contribution >= 0.6 is 0 Å². The van der Waals surface area contributed by atoms with Crippen LogP contribution in [0.3, 0.4) is 0 Å². The van der Waals surface area contributed by atoms with Gasteiger partial charge in [0.2, 0.25) is 17.7 Å². The summed E-state index contributed by atoms with van der Waals surface area (Å²) in [7, 11) is 0. The third-order valence-corrected chi connectivity index (χ3v) is 5.59. The number of aromatic hydroxyl groups is 1. The summed E-state index contributed by atoms with van der Waals surface area (Å²) < 4.78 is 0. The fraction of sp³-hybridized carbons (Fsp3) is 0.222. The van der Waals surface area contributed by atoms with Gasteiger partial charge in [-0.25, -0.2) is 0 Å². The van der Waals surface area contributed by atoms with Crippen molar-refractivity contribution in [2.75, 3.05) is 0 Å². The average molecular weight is 475 g/mol. The zero-order valence-electron chi connectivity index (χ0n) is 19.3. The van der Waals surface area contributed by atoms with Crippen LogP contribution in [0.25, 0.3) is 0 Å². The molecule has 0 saturated carbocycles. The van der Waals surface area contributed by atoms with Gasteiger partial charge in [0, 0.05) is 12.8 Å². The van der Waals surface area contributed by atoms with Crippen molar-refractivity contribution in [3.63, 3.8) is 0 Å². The van der Waals surface area contributed by atoms with Crippen LogP contribution in [-0.4, -0.2) is 41.0 Å². The van der Waals surface area contributed by atoms with Gasteiger partial charge in [0.05, 0.1) is 6.04 Å². The van der Waals surface area contributed by atoms with E-state index in [9.17, 15) is 19.5 Å². The molecule has 182 valence electrons. The van der Waals surface area contributed by atoms with E-state index in [4.69, 9.17) is 11.5 Å². The number of carbonyl (C=O) groups excluding carboxylic acids is 3. The Morgan fingerprint density at radius 1 is 0.657 bits per heavy atom. The number of nitrogens with one attached hydrogen (secondary N) is 2. The lowest BCUT2D eigenvalue weighted by molar-refractivity contribution is -0.131. The molecule has 8 nitrogen and oxygen atoms in total. The first-order valence-corrected chi connectivity index (χ1v) is 11.3. The van der Waals surface area contributed by atoms with Crippen LogP contribution < -0.4 is 22.1 Å². The van der Waals surface area contributed by atoms with Crippen molar-refractivity contribution in [2.45, 2.75) is 37.4 Å². The number of primary amides is 1. The minimum atomic E-state index is -0.964. The van der Waals surface area contributed by atoms with Crippen LogP contribution in [0.2, 0.25) is 0 Å². The summed E-state index contributed by atoms with van der Waals surface area (Å²) in [5, 5.41) is 14.9. The standard InChI is InChI=1S/C27H30N4O4/c28-22(15-20-11-13-21(32)14-12-20)26(34)31-24(17-19-9-5-2-6-10-19)27(35)30-23(25(29)33)16-18-7-3-1-4-8-18/h1-14,22-24,32H,15-17,28H2,(H2,29,33)(H,30,35)(H,31,34)/t22-,23-,24-/m0/s1. The van der Waals surface area contributed by atoms with Crippen molar-refractivity contribution >= 4 is 17.7 Å². The van der Waals surface area contributed by atoms with E-state index < -0.39 is 35.8 Å². The number of phenols is 1. The van der Waals surface area contributed by atoms with Gasteiger partial charge in [-0.3, -0.25) is 14.4 Å². The molecule has 0 spiro atoms. The van der Waals surface area contributed by atoms with Crippen molar-refractivity contribution in [1.82, 2.24) is 10.6 Å². The summed E-state index contributed by atoms with van der Waals surface area (Å²) in [6, 6.07) is 22.0. The van der Waals surface area contributed by atoms with E-state index in [1.807, 2.05) is 60.7 Å². The van der Waals surface area contributed by atoms with Gasteiger partial charge in [0.15, 0.2) is 0 Å². The highest BCUT2D eigenvalue weighted by atomic mass is 16.3. The number of rotatable bonds is 11. The summed E-state index contributed by atoms with van der Waals surface area (Å²) in [5.41, 5.74) is 14.1. The molecule has 0 saturated heterocycles. The molecule has 3 atom stereocenters. The number of hydrogen-bond donors (Lipinski definition) is 5. The van der Waals surface area contributed by atoms with Crippen LogP contribution in [0.5, 0.6) is 5.75 Å². The van der Waals surface area contributed by atoms with Gasteiger partial charge in [-0.15, -0.1) is 0 Å². The van der Waals surface area contributed by atoms with Crippen LogP contribution in [0.1, 0.15) is 16.7 Å². The number of phenolic OH excluding ortho intramolecular Hbond substituents is 1. The lowest BCUT2D eigenvalue weighted by Gasteiger charge is -2.23. The van der Waals surface area contributed by atoms with E-state index in [1.165, 1.54) is 12.1 Å². The zero-order valence-corrected chi connectivity index (χ0v) is 19.3. The Bertz CT molecular complexity index is 1120. The lowest BCUT2D eigenvalue weighted by atomic mass is 10.0. The minimum absolute atomic E-state index is 0.117. The lowest BCUT2D eigenvalue weighted by Crippen LogP contribution is -2.56. The van der Waals surface area contributed by atoms with E-state index in [0.717, 1.165) is 16.7 Å². The topological polar surface area (TPSA) is 148 Å². The van der Waals surface area contributed by atoms with Crippen LogP contribution in [0, 0.1) is 0 Å². The molecule has 8 heteroatoms. The maximum Gasteiger partial charge on any atom is 0.243 e. The molecule has 0 fully saturated rings. The largest absolute Gasteiger partial charge is 0.508 e. The number of benzene rings is 3. The van der Waals surface area contributed by atoms with Gasteiger partial charge in [-0.2, -0.15) is 0 Å². The summed E-state index contributed by atoms with van der Waals surface area (Å²) in [6.45, 7) is 0. The number of carbonyl (C=O) groups is 3.